The molecule has 156 valence electrons. The molecule has 2 heterocycles. The van der Waals surface area contributed by atoms with Gasteiger partial charge in [-0.15, -0.1) is 0 Å². The lowest BCUT2D eigenvalue weighted by Crippen LogP contribution is -2.45. The smallest absolute Gasteiger partial charge is 0.191 e. The van der Waals surface area contributed by atoms with Gasteiger partial charge in [-0.1, -0.05) is 18.2 Å². The molecule has 1 aromatic carbocycles. The maximum absolute atomic E-state index is 13.9. The molecule has 0 radical (unpaired) electrons. The van der Waals surface area contributed by atoms with Crippen LogP contribution in [0, 0.1) is 5.82 Å². The summed E-state index contributed by atoms with van der Waals surface area (Å²) < 4.78 is 13.9. The number of para-hydroxylation sites is 1. The van der Waals surface area contributed by atoms with Gasteiger partial charge in [-0.3, -0.25) is 4.99 Å². The maximum Gasteiger partial charge on any atom is 0.191 e. The minimum Gasteiger partial charge on any atom is -0.375 e. The van der Waals surface area contributed by atoms with Crippen molar-refractivity contribution in [2.75, 3.05) is 50.1 Å². The molecule has 0 aliphatic carbocycles. The van der Waals surface area contributed by atoms with Gasteiger partial charge in [0, 0.05) is 58.2 Å². The number of hydrogen-bond donors (Lipinski definition) is 2. The van der Waals surface area contributed by atoms with E-state index < -0.39 is 0 Å². The van der Waals surface area contributed by atoms with Gasteiger partial charge >= 0.3 is 0 Å². The van der Waals surface area contributed by atoms with Gasteiger partial charge in [0.2, 0.25) is 0 Å². The molecule has 1 saturated heterocycles. The third-order valence-electron chi connectivity index (χ3n) is 5.20. The zero-order valence-corrected chi connectivity index (χ0v) is 17.3. The Morgan fingerprint density at radius 1 is 1.24 bits per heavy atom. The molecule has 1 aliphatic heterocycles. The zero-order chi connectivity index (χ0) is 20.5. The molecule has 7 heteroatoms. The van der Waals surface area contributed by atoms with E-state index in [1.807, 2.05) is 11.0 Å². The summed E-state index contributed by atoms with van der Waals surface area (Å²) in [7, 11) is 3.91. The quantitative estimate of drug-likeness (QED) is 0.407. The predicted octanol–water partition coefficient (Wildman–Crippen LogP) is 2.88. The van der Waals surface area contributed by atoms with E-state index >= 15 is 0 Å². The van der Waals surface area contributed by atoms with E-state index in [1.165, 1.54) is 11.8 Å². The molecule has 0 saturated carbocycles. The van der Waals surface area contributed by atoms with Crippen LogP contribution in [0.4, 0.5) is 15.9 Å². The fraction of sp³-hybridized carbons (Fsp3) is 0.455. The molecule has 1 atom stereocenters. The van der Waals surface area contributed by atoms with Crippen molar-refractivity contribution >= 4 is 17.5 Å². The molecule has 3 rings (SSSR count). The van der Waals surface area contributed by atoms with Crippen molar-refractivity contribution in [2.24, 2.45) is 4.99 Å². The topological polar surface area (TPSA) is 55.8 Å². The molecule has 2 aromatic rings. The number of pyridine rings is 1. The highest BCUT2D eigenvalue weighted by Gasteiger charge is 2.25. The van der Waals surface area contributed by atoms with Crippen LogP contribution in [0.25, 0.3) is 0 Å². The van der Waals surface area contributed by atoms with Crippen LogP contribution in [0.3, 0.4) is 0 Å². The van der Waals surface area contributed by atoms with Crippen molar-refractivity contribution < 1.29 is 4.39 Å². The molecule has 6 nitrogen and oxygen atoms in total. The predicted molar refractivity (Wildman–Crippen MR) is 118 cm³/mol. The van der Waals surface area contributed by atoms with E-state index in [-0.39, 0.29) is 11.9 Å². The highest BCUT2D eigenvalue weighted by atomic mass is 19.1. The fourth-order valence-corrected chi connectivity index (χ4v) is 3.56. The minimum absolute atomic E-state index is 0.229. The summed E-state index contributed by atoms with van der Waals surface area (Å²) in [5.41, 5.74) is 1.24. The number of anilines is 2. The Morgan fingerprint density at radius 3 is 2.83 bits per heavy atom. The first-order valence-corrected chi connectivity index (χ1v) is 10.3. The van der Waals surface area contributed by atoms with E-state index in [0.717, 1.165) is 51.4 Å². The Labute approximate surface area is 172 Å². The van der Waals surface area contributed by atoms with Gasteiger partial charge in [-0.2, -0.15) is 0 Å². The van der Waals surface area contributed by atoms with Gasteiger partial charge < -0.3 is 20.4 Å². The van der Waals surface area contributed by atoms with Crippen molar-refractivity contribution in [3.8, 4) is 0 Å². The summed E-state index contributed by atoms with van der Waals surface area (Å²) >= 11 is 0. The molecule has 0 bridgehead atoms. The van der Waals surface area contributed by atoms with Crippen LogP contribution >= 0.6 is 0 Å². The van der Waals surface area contributed by atoms with Crippen molar-refractivity contribution in [2.45, 2.75) is 25.3 Å². The Morgan fingerprint density at radius 2 is 2.07 bits per heavy atom. The molecule has 0 amide bonds. The fourth-order valence-electron chi connectivity index (χ4n) is 3.56. The Balaban J connectivity index is 1.35. The largest absolute Gasteiger partial charge is 0.375 e. The van der Waals surface area contributed by atoms with Crippen molar-refractivity contribution in [1.82, 2.24) is 15.6 Å². The van der Waals surface area contributed by atoms with E-state index in [2.05, 4.69) is 56.8 Å². The van der Waals surface area contributed by atoms with Crippen LogP contribution in [-0.2, 0) is 0 Å². The van der Waals surface area contributed by atoms with Crippen LogP contribution in [0.1, 0.15) is 19.3 Å². The summed E-state index contributed by atoms with van der Waals surface area (Å²) in [5.74, 6) is 0.966. The summed E-state index contributed by atoms with van der Waals surface area (Å²) in [6.45, 7) is 3.39. The first-order chi connectivity index (χ1) is 14.2. The van der Waals surface area contributed by atoms with Crippen molar-refractivity contribution in [3.05, 3.63) is 54.5 Å². The number of benzene rings is 1. The Bertz CT molecular complexity index is 782. The number of guanidine groups is 1. The molecule has 0 spiro atoms. The average molecular weight is 399 g/mol. The number of unbranched alkanes of at least 4 members (excludes halogenated alkanes) is 1. The standard InChI is InChI=1S/C22H31FN6/c1-24-22(26-13-6-7-15-28(2)19-9-4-3-5-10-19)27-18-12-16-29(17-18)21-20(23)11-8-14-25-21/h3-5,8-11,14,18H,6-7,12-13,15-17H2,1-2H3,(H2,24,26,27). The lowest BCUT2D eigenvalue weighted by molar-refractivity contribution is 0.611. The van der Waals surface area contributed by atoms with Gasteiger partial charge in [0.1, 0.15) is 0 Å². The van der Waals surface area contributed by atoms with Gasteiger partial charge in [-0.05, 0) is 43.5 Å². The average Bonchev–Trinajstić information content (AvgIpc) is 3.21. The van der Waals surface area contributed by atoms with Crippen LogP contribution in [0.5, 0.6) is 0 Å². The lowest BCUT2D eigenvalue weighted by atomic mass is 10.2. The lowest BCUT2D eigenvalue weighted by Gasteiger charge is -2.20. The second-order valence-electron chi connectivity index (χ2n) is 7.35. The third kappa shape index (κ3) is 6.07. The van der Waals surface area contributed by atoms with E-state index in [4.69, 9.17) is 0 Å². The number of aromatic nitrogens is 1. The molecule has 1 fully saturated rings. The van der Waals surface area contributed by atoms with Crippen LogP contribution in [0.2, 0.25) is 0 Å². The first-order valence-electron chi connectivity index (χ1n) is 10.3. The Hall–Kier alpha value is -2.83. The number of hydrogen-bond acceptors (Lipinski definition) is 4. The van der Waals surface area contributed by atoms with Crippen molar-refractivity contribution in [3.63, 3.8) is 0 Å². The summed E-state index contributed by atoms with van der Waals surface area (Å²) in [4.78, 5) is 12.8. The highest BCUT2D eigenvalue weighted by molar-refractivity contribution is 5.80. The van der Waals surface area contributed by atoms with Crippen LogP contribution in [0.15, 0.2) is 53.7 Å². The van der Waals surface area contributed by atoms with Gasteiger partial charge in [0.15, 0.2) is 17.6 Å². The van der Waals surface area contributed by atoms with E-state index in [1.54, 1.807) is 19.3 Å². The molecule has 1 aromatic heterocycles. The molecular weight excluding hydrogens is 367 g/mol. The van der Waals surface area contributed by atoms with Crippen molar-refractivity contribution in [1.29, 1.82) is 0 Å². The Kier molecular flexibility index (Phi) is 7.67. The summed E-state index contributed by atoms with van der Waals surface area (Å²) in [5, 5.41) is 6.83. The summed E-state index contributed by atoms with van der Waals surface area (Å²) in [6, 6.07) is 13.7. The molecule has 1 unspecified atom stereocenters. The molecule has 29 heavy (non-hydrogen) atoms. The second-order valence-corrected chi connectivity index (χ2v) is 7.35. The van der Waals surface area contributed by atoms with E-state index in [0.29, 0.717) is 5.82 Å². The second kappa shape index (κ2) is 10.6. The summed E-state index contributed by atoms with van der Waals surface area (Å²) in [6.07, 6.45) is 4.73. The van der Waals surface area contributed by atoms with Gasteiger partial charge in [0.05, 0.1) is 0 Å². The van der Waals surface area contributed by atoms with Gasteiger partial charge in [-0.25, -0.2) is 9.37 Å². The molecule has 1 aliphatic rings. The van der Waals surface area contributed by atoms with E-state index in [9.17, 15) is 4.39 Å². The number of nitrogens with one attached hydrogen (secondary N) is 2. The number of aliphatic imine (C=N–C) groups is 1. The highest BCUT2D eigenvalue weighted by Crippen LogP contribution is 2.20. The normalized spacial score (nSPS) is 16.7. The van der Waals surface area contributed by atoms with Crippen LogP contribution < -0.4 is 20.4 Å². The number of nitrogens with zero attached hydrogens (tertiary/aromatic N) is 4. The molecule has 2 N–H and O–H groups in total. The first kappa shape index (κ1) is 20.9. The zero-order valence-electron chi connectivity index (χ0n) is 17.3. The number of rotatable bonds is 8. The molecular formula is C22H31FN6. The minimum atomic E-state index is -0.267. The third-order valence-corrected chi connectivity index (χ3v) is 5.20. The number of halogens is 1. The SMILES string of the molecule is CN=C(NCCCCN(C)c1ccccc1)NC1CCN(c2ncccc2F)C1. The monoisotopic (exact) mass is 398 g/mol. The maximum atomic E-state index is 13.9. The van der Waals surface area contributed by atoms with Gasteiger partial charge in [0.25, 0.3) is 0 Å². The van der Waals surface area contributed by atoms with Crippen LogP contribution in [-0.4, -0.2) is 57.3 Å².